The van der Waals surface area contributed by atoms with E-state index in [0.29, 0.717) is 0 Å². The van der Waals surface area contributed by atoms with Crippen molar-refractivity contribution in [2.24, 2.45) is 0 Å². The highest BCUT2D eigenvalue weighted by molar-refractivity contribution is 5.77. The van der Waals surface area contributed by atoms with Crippen LogP contribution in [-0.2, 0) is 9.53 Å². The minimum atomic E-state index is -0.297. The topological polar surface area (TPSA) is 42.4 Å². The van der Waals surface area contributed by atoms with Gasteiger partial charge in [0, 0.05) is 12.4 Å². The number of ether oxygens (including phenoxy) is 1. The predicted octanol–water partition coefficient (Wildman–Crippen LogP) is 1.78. The second-order valence-electron chi connectivity index (χ2n) is 4.31. The summed E-state index contributed by atoms with van der Waals surface area (Å²) in [5, 5.41) is 0. The van der Waals surface area contributed by atoms with Crippen LogP contribution in [0.15, 0.2) is 24.5 Å². The minimum Gasteiger partial charge on any atom is -0.468 e. The Balaban J connectivity index is 2.21. The molecule has 0 spiro atoms. The highest BCUT2D eigenvalue weighted by Gasteiger charge is 2.29. The van der Waals surface area contributed by atoms with E-state index in [1.807, 2.05) is 12.1 Å². The van der Waals surface area contributed by atoms with E-state index in [1.54, 1.807) is 12.4 Å². The Labute approximate surface area is 102 Å². The van der Waals surface area contributed by atoms with Crippen molar-refractivity contribution >= 4 is 5.97 Å². The SMILES string of the molecule is COC(=O)C(c1cccnc1)N1CCCCC1. The van der Waals surface area contributed by atoms with Crippen LogP contribution in [0.1, 0.15) is 30.9 Å². The molecule has 92 valence electrons. The molecule has 1 aromatic rings. The smallest absolute Gasteiger partial charge is 0.327 e. The van der Waals surface area contributed by atoms with Crippen molar-refractivity contribution in [1.29, 1.82) is 0 Å². The fourth-order valence-corrected chi connectivity index (χ4v) is 2.32. The number of aromatic nitrogens is 1. The number of piperidine rings is 1. The number of hydrogen-bond donors (Lipinski definition) is 0. The van der Waals surface area contributed by atoms with Gasteiger partial charge in [-0.05, 0) is 37.6 Å². The third-order valence-electron chi connectivity index (χ3n) is 3.18. The zero-order valence-corrected chi connectivity index (χ0v) is 10.1. The molecule has 0 N–H and O–H groups in total. The first-order chi connectivity index (χ1) is 8.33. The van der Waals surface area contributed by atoms with Crippen LogP contribution in [0.2, 0.25) is 0 Å². The number of nitrogens with zero attached hydrogens (tertiary/aromatic N) is 2. The zero-order valence-electron chi connectivity index (χ0n) is 10.1. The lowest BCUT2D eigenvalue weighted by molar-refractivity contribution is -0.147. The summed E-state index contributed by atoms with van der Waals surface area (Å²) in [4.78, 5) is 18.2. The number of carbonyl (C=O) groups excluding carboxylic acids is 1. The molecule has 1 saturated heterocycles. The molecule has 2 rings (SSSR count). The summed E-state index contributed by atoms with van der Waals surface area (Å²) in [6.07, 6.45) is 7.00. The Morgan fingerprint density at radius 3 is 2.76 bits per heavy atom. The first-order valence-corrected chi connectivity index (χ1v) is 6.04. The monoisotopic (exact) mass is 234 g/mol. The average molecular weight is 234 g/mol. The number of methoxy groups -OCH3 is 1. The predicted molar refractivity (Wildman–Crippen MR) is 64.4 cm³/mol. The molecule has 1 unspecified atom stereocenters. The third kappa shape index (κ3) is 2.82. The average Bonchev–Trinajstić information content (AvgIpc) is 2.41. The van der Waals surface area contributed by atoms with Crippen LogP contribution in [0.5, 0.6) is 0 Å². The maximum Gasteiger partial charge on any atom is 0.327 e. The summed E-state index contributed by atoms with van der Waals surface area (Å²) < 4.78 is 4.91. The molecule has 2 heterocycles. The van der Waals surface area contributed by atoms with Gasteiger partial charge in [-0.1, -0.05) is 12.5 Å². The fraction of sp³-hybridized carbons (Fsp3) is 0.538. The molecule has 1 aliphatic heterocycles. The molecule has 0 bridgehead atoms. The van der Waals surface area contributed by atoms with E-state index in [0.717, 1.165) is 31.5 Å². The summed E-state index contributed by atoms with van der Waals surface area (Å²) in [6.45, 7) is 1.91. The highest BCUT2D eigenvalue weighted by atomic mass is 16.5. The summed E-state index contributed by atoms with van der Waals surface area (Å²) in [7, 11) is 1.44. The summed E-state index contributed by atoms with van der Waals surface area (Å²) in [6, 6.07) is 3.49. The van der Waals surface area contributed by atoms with Crippen LogP contribution in [-0.4, -0.2) is 36.1 Å². The third-order valence-corrected chi connectivity index (χ3v) is 3.18. The van der Waals surface area contributed by atoms with Crippen LogP contribution in [0.4, 0.5) is 0 Å². The second kappa shape index (κ2) is 5.77. The van der Waals surface area contributed by atoms with Crippen molar-refractivity contribution in [2.75, 3.05) is 20.2 Å². The quantitative estimate of drug-likeness (QED) is 0.748. The van der Waals surface area contributed by atoms with Gasteiger partial charge in [-0.2, -0.15) is 0 Å². The number of likely N-dealkylation sites (tertiary alicyclic amines) is 1. The normalized spacial score (nSPS) is 18.6. The van der Waals surface area contributed by atoms with Gasteiger partial charge in [-0.3, -0.25) is 9.88 Å². The molecule has 1 fully saturated rings. The van der Waals surface area contributed by atoms with Gasteiger partial charge in [0.1, 0.15) is 6.04 Å². The van der Waals surface area contributed by atoms with Gasteiger partial charge in [-0.15, -0.1) is 0 Å². The standard InChI is InChI=1S/C13H18N2O2/c1-17-13(16)12(11-6-5-7-14-10-11)15-8-3-2-4-9-15/h5-7,10,12H,2-4,8-9H2,1H3. The molecule has 0 aliphatic carbocycles. The van der Waals surface area contributed by atoms with Gasteiger partial charge < -0.3 is 4.74 Å². The van der Waals surface area contributed by atoms with Gasteiger partial charge in [-0.25, -0.2) is 4.79 Å². The molecule has 0 saturated carbocycles. The van der Waals surface area contributed by atoms with E-state index in [-0.39, 0.29) is 12.0 Å². The van der Waals surface area contributed by atoms with Crippen LogP contribution >= 0.6 is 0 Å². The van der Waals surface area contributed by atoms with E-state index >= 15 is 0 Å². The highest BCUT2D eigenvalue weighted by Crippen LogP contribution is 2.25. The largest absolute Gasteiger partial charge is 0.468 e. The van der Waals surface area contributed by atoms with Gasteiger partial charge in [0.15, 0.2) is 0 Å². The summed E-state index contributed by atoms with van der Waals surface area (Å²) in [5.41, 5.74) is 0.918. The molecule has 4 heteroatoms. The number of hydrogen-bond acceptors (Lipinski definition) is 4. The summed E-state index contributed by atoms with van der Waals surface area (Å²) in [5.74, 6) is -0.195. The van der Waals surface area contributed by atoms with Crippen molar-refractivity contribution < 1.29 is 9.53 Å². The maximum atomic E-state index is 11.9. The number of pyridine rings is 1. The molecule has 1 aromatic heterocycles. The van der Waals surface area contributed by atoms with Crippen molar-refractivity contribution in [1.82, 2.24) is 9.88 Å². The van der Waals surface area contributed by atoms with Crippen LogP contribution < -0.4 is 0 Å². The van der Waals surface area contributed by atoms with Crippen molar-refractivity contribution in [3.63, 3.8) is 0 Å². The van der Waals surface area contributed by atoms with Gasteiger partial charge in [0.2, 0.25) is 0 Å². The van der Waals surface area contributed by atoms with Crippen molar-refractivity contribution in [2.45, 2.75) is 25.3 Å². The molecule has 4 nitrogen and oxygen atoms in total. The molecule has 1 atom stereocenters. The Morgan fingerprint density at radius 1 is 1.41 bits per heavy atom. The molecule has 0 amide bonds. The van der Waals surface area contributed by atoms with Crippen LogP contribution in [0.25, 0.3) is 0 Å². The molecule has 0 radical (unpaired) electrons. The van der Waals surface area contributed by atoms with E-state index in [1.165, 1.54) is 13.5 Å². The maximum absolute atomic E-state index is 11.9. The lowest BCUT2D eigenvalue weighted by Gasteiger charge is -2.32. The lowest BCUT2D eigenvalue weighted by Crippen LogP contribution is -2.38. The van der Waals surface area contributed by atoms with Crippen molar-refractivity contribution in [3.05, 3.63) is 30.1 Å². The first kappa shape index (κ1) is 12.0. The van der Waals surface area contributed by atoms with Crippen LogP contribution in [0.3, 0.4) is 0 Å². The van der Waals surface area contributed by atoms with E-state index < -0.39 is 0 Å². The fourth-order valence-electron chi connectivity index (χ4n) is 2.32. The molecular formula is C13H18N2O2. The van der Waals surface area contributed by atoms with Crippen LogP contribution in [0, 0.1) is 0 Å². The number of rotatable bonds is 3. The Bertz CT molecular complexity index is 361. The van der Waals surface area contributed by atoms with Gasteiger partial charge >= 0.3 is 5.97 Å². The molecule has 0 aromatic carbocycles. The first-order valence-electron chi connectivity index (χ1n) is 6.04. The number of esters is 1. The van der Waals surface area contributed by atoms with E-state index in [2.05, 4.69) is 9.88 Å². The lowest BCUT2D eigenvalue weighted by atomic mass is 10.0. The Kier molecular flexibility index (Phi) is 4.09. The van der Waals surface area contributed by atoms with Gasteiger partial charge in [0.05, 0.1) is 7.11 Å². The molecular weight excluding hydrogens is 216 g/mol. The van der Waals surface area contributed by atoms with E-state index in [9.17, 15) is 4.79 Å². The number of carbonyl (C=O) groups is 1. The van der Waals surface area contributed by atoms with E-state index in [4.69, 9.17) is 4.74 Å². The Hall–Kier alpha value is -1.42. The minimum absolute atomic E-state index is 0.195. The van der Waals surface area contributed by atoms with Crippen molar-refractivity contribution in [3.8, 4) is 0 Å². The summed E-state index contributed by atoms with van der Waals surface area (Å²) >= 11 is 0. The van der Waals surface area contributed by atoms with Gasteiger partial charge in [0.25, 0.3) is 0 Å². The Morgan fingerprint density at radius 2 is 2.18 bits per heavy atom. The zero-order chi connectivity index (χ0) is 12.1. The molecule has 1 aliphatic rings. The molecule has 17 heavy (non-hydrogen) atoms. The second-order valence-corrected chi connectivity index (χ2v) is 4.31.